The molecule has 0 spiro atoms. The molecule has 0 aliphatic rings. The third-order valence-corrected chi connectivity index (χ3v) is 5.19. The Labute approximate surface area is 161 Å². The number of carbonyl (C=O) groups excluding carboxylic acids is 1. The molecule has 2 aromatic carbocycles. The van der Waals surface area contributed by atoms with Crippen molar-refractivity contribution in [2.75, 3.05) is 0 Å². The number of hydrogen-bond acceptors (Lipinski definition) is 2. The predicted octanol–water partition coefficient (Wildman–Crippen LogP) is 4.08. The van der Waals surface area contributed by atoms with Gasteiger partial charge in [-0.3, -0.25) is 9.48 Å². The van der Waals surface area contributed by atoms with Crippen molar-refractivity contribution < 1.29 is 4.79 Å². The van der Waals surface area contributed by atoms with Crippen LogP contribution in [0.4, 0.5) is 0 Å². The molecule has 128 valence electrons. The van der Waals surface area contributed by atoms with Gasteiger partial charge in [0.25, 0.3) is 5.91 Å². The number of benzene rings is 2. The molecule has 0 saturated heterocycles. The number of nitrogens with zero attached hydrogens (tertiary/aromatic N) is 2. The number of rotatable bonds is 5. The van der Waals surface area contributed by atoms with E-state index in [2.05, 4.69) is 52.1 Å². The molecule has 1 N–H and O–H groups in total. The van der Waals surface area contributed by atoms with Crippen LogP contribution >= 0.6 is 22.6 Å². The normalized spacial score (nSPS) is 10.7. The van der Waals surface area contributed by atoms with Gasteiger partial charge in [0.15, 0.2) is 0 Å². The number of aromatic nitrogens is 2. The Balaban J connectivity index is 1.73. The van der Waals surface area contributed by atoms with E-state index in [4.69, 9.17) is 0 Å². The molecule has 0 aliphatic carbocycles. The zero-order valence-corrected chi connectivity index (χ0v) is 16.4. The third-order valence-electron chi connectivity index (χ3n) is 4.25. The largest absolute Gasteiger partial charge is 0.348 e. The lowest BCUT2D eigenvalue weighted by Crippen LogP contribution is -2.24. The average Bonchev–Trinajstić information content (AvgIpc) is 2.87. The molecule has 25 heavy (non-hydrogen) atoms. The van der Waals surface area contributed by atoms with E-state index < -0.39 is 0 Å². The number of carbonyl (C=O) groups is 1. The van der Waals surface area contributed by atoms with Crippen LogP contribution in [0.5, 0.6) is 0 Å². The molecule has 0 radical (unpaired) electrons. The first kappa shape index (κ1) is 17.7. The summed E-state index contributed by atoms with van der Waals surface area (Å²) in [6.45, 7) is 5.26. The van der Waals surface area contributed by atoms with Crippen molar-refractivity contribution in [3.8, 4) is 0 Å². The number of aryl methyl sites for hydroxylation is 1. The SMILES string of the molecule is Cc1nn(Cc2ccccc2)c(C)c1CNC(=O)c1ccccc1I. The van der Waals surface area contributed by atoms with Gasteiger partial charge in [-0.25, -0.2) is 0 Å². The van der Waals surface area contributed by atoms with E-state index in [1.807, 2.05) is 54.1 Å². The molecule has 3 aromatic rings. The van der Waals surface area contributed by atoms with Gasteiger partial charge in [0.1, 0.15) is 0 Å². The fourth-order valence-corrected chi connectivity index (χ4v) is 3.44. The summed E-state index contributed by atoms with van der Waals surface area (Å²) in [5.41, 5.74) is 5.04. The Morgan fingerprint density at radius 1 is 1.08 bits per heavy atom. The first-order valence-electron chi connectivity index (χ1n) is 8.16. The summed E-state index contributed by atoms with van der Waals surface area (Å²) >= 11 is 2.18. The molecule has 1 amide bonds. The van der Waals surface area contributed by atoms with E-state index >= 15 is 0 Å². The molecule has 4 nitrogen and oxygen atoms in total. The Bertz CT molecular complexity index is 887. The fourth-order valence-electron chi connectivity index (χ4n) is 2.81. The monoisotopic (exact) mass is 445 g/mol. The highest BCUT2D eigenvalue weighted by Gasteiger charge is 2.14. The average molecular weight is 445 g/mol. The Hall–Kier alpha value is -2.15. The van der Waals surface area contributed by atoms with Crippen LogP contribution in [0.2, 0.25) is 0 Å². The van der Waals surface area contributed by atoms with Crippen molar-refractivity contribution in [1.29, 1.82) is 0 Å². The minimum absolute atomic E-state index is 0.0559. The molecule has 0 bridgehead atoms. The zero-order valence-electron chi connectivity index (χ0n) is 14.3. The van der Waals surface area contributed by atoms with E-state index in [1.165, 1.54) is 5.56 Å². The second kappa shape index (κ2) is 7.82. The van der Waals surface area contributed by atoms with E-state index in [0.29, 0.717) is 12.1 Å². The van der Waals surface area contributed by atoms with E-state index in [0.717, 1.165) is 27.1 Å². The first-order valence-corrected chi connectivity index (χ1v) is 9.23. The van der Waals surface area contributed by atoms with Crippen molar-refractivity contribution in [2.24, 2.45) is 0 Å². The molecule has 0 fully saturated rings. The molecular weight excluding hydrogens is 425 g/mol. The van der Waals surface area contributed by atoms with Crippen LogP contribution in [-0.2, 0) is 13.1 Å². The van der Waals surface area contributed by atoms with E-state index in [9.17, 15) is 4.79 Å². The zero-order chi connectivity index (χ0) is 17.8. The standard InChI is InChI=1S/C20H20IN3O/c1-14-18(12-22-20(25)17-10-6-7-11-19(17)21)15(2)24(23-14)13-16-8-4-3-5-9-16/h3-11H,12-13H2,1-2H3,(H,22,25). The summed E-state index contributed by atoms with van der Waals surface area (Å²) < 4.78 is 2.95. The second-order valence-electron chi connectivity index (χ2n) is 5.96. The van der Waals surface area contributed by atoms with Crippen LogP contribution < -0.4 is 5.32 Å². The van der Waals surface area contributed by atoms with E-state index in [-0.39, 0.29) is 5.91 Å². The lowest BCUT2D eigenvalue weighted by Gasteiger charge is -2.08. The minimum Gasteiger partial charge on any atom is -0.348 e. The maximum absolute atomic E-state index is 12.4. The first-order chi connectivity index (χ1) is 12.1. The maximum atomic E-state index is 12.4. The van der Waals surface area contributed by atoms with Crippen LogP contribution in [0.1, 0.15) is 32.9 Å². The maximum Gasteiger partial charge on any atom is 0.252 e. The quantitative estimate of drug-likeness (QED) is 0.602. The minimum atomic E-state index is -0.0559. The lowest BCUT2D eigenvalue weighted by molar-refractivity contribution is 0.0950. The van der Waals surface area contributed by atoms with Crippen LogP contribution in [0.25, 0.3) is 0 Å². The fraction of sp³-hybridized carbons (Fsp3) is 0.200. The number of halogens is 1. The highest BCUT2D eigenvalue weighted by atomic mass is 127. The molecule has 3 rings (SSSR count). The Kier molecular flexibility index (Phi) is 5.53. The molecule has 0 unspecified atom stereocenters. The molecule has 1 aromatic heterocycles. The topological polar surface area (TPSA) is 46.9 Å². The van der Waals surface area contributed by atoms with Crippen molar-refractivity contribution in [3.05, 3.63) is 86.2 Å². The molecular formula is C20H20IN3O. The van der Waals surface area contributed by atoms with Crippen LogP contribution in [0.3, 0.4) is 0 Å². The van der Waals surface area contributed by atoms with Crippen molar-refractivity contribution in [3.63, 3.8) is 0 Å². The number of hydrogen-bond donors (Lipinski definition) is 1. The van der Waals surface area contributed by atoms with Crippen molar-refractivity contribution in [1.82, 2.24) is 15.1 Å². The molecule has 0 saturated carbocycles. The smallest absolute Gasteiger partial charge is 0.252 e. The van der Waals surface area contributed by atoms with Crippen LogP contribution in [0, 0.1) is 17.4 Å². The summed E-state index contributed by atoms with van der Waals surface area (Å²) in [5.74, 6) is -0.0559. The summed E-state index contributed by atoms with van der Waals surface area (Å²) in [6, 6.07) is 17.8. The molecule has 0 aliphatic heterocycles. The van der Waals surface area contributed by atoms with Gasteiger partial charge in [-0.2, -0.15) is 5.10 Å². The lowest BCUT2D eigenvalue weighted by atomic mass is 10.1. The van der Waals surface area contributed by atoms with Gasteiger partial charge >= 0.3 is 0 Å². The number of amides is 1. The summed E-state index contributed by atoms with van der Waals surface area (Å²) in [7, 11) is 0. The van der Waals surface area contributed by atoms with Gasteiger partial charge in [0.05, 0.1) is 17.8 Å². The highest BCUT2D eigenvalue weighted by Crippen LogP contribution is 2.16. The van der Waals surface area contributed by atoms with Crippen LogP contribution in [0.15, 0.2) is 54.6 Å². The number of nitrogens with one attached hydrogen (secondary N) is 1. The molecule has 5 heteroatoms. The third kappa shape index (κ3) is 4.10. The summed E-state index contributed by atoms with van der Waals surface area (Å²) in [6.07, 6.45) is 0. The van der Waals surface area contributed by atoms with Gasteiger partial charge in [-0.05, 0) is 54.1 Å². The molecule has 1 heterocycles. The van der Waals surface area contributed by atoms with Gasteiger partial charge in [-0.15, -0.1) is 0 Å². The van der Waals surface area contributed by atoms with Crippen LogP contribution in [-0.4, -0.2) is 15.7 Å². The summed E-state index contributed by atoms with van der Waals surface area (Å²) in [5, 5.41) is 7.66. The molecule has 0 atom stereocenters. The van der Waals surface area contributed by atoms with Gasteiger partial charge < -0.3 is 5.32 Å². The Morgan fingerprint density at radius 3 is 2.48 bits per heavy atom. The van der Waals surface area contributed by atoms with Crippen molar-refractivity contribution in [2.45, 2.75) is 26.9 Å². The van der Waals surface area contributed by atoms with Crippen molar-refractivity contribution >= 4 is 28.5 Å². The predicted molar refractivity (Wildman–Crippen MR) is 108 cm³/mol. The van der Waals surface area contributed by atoms with Gasteiger partial charge in [-0.1, -0.05) is 42.5 Å². The Morgan fingerprint density at radius 2 is 1.76 bits per heavy atom. The second-order valence-corrected chi connectivity index (χ2v) is 7.12. The summed E-state index contributed by atoms with van der Waals surface area (Å²) in [4.78, 5) is 12.4. The highest BCUT2D eigenvalue weighted by molar-refractivity contribution is 14.1. The van der Waals surface area contributed by atoms with Gasteiger partial charge in [0, 0.05) is 21.4 Å². The van der Waals surface area contributed by atoms with Gasteiger partial charge in [0.2, 0.25) is 0 Å². The van der Waals surface area contributed by atoms with E-state index in [1.54, 1.807) is 0 Å².